The minimum atomic E-state index is -0.0553. The molecular weight excluding hydrogens is 354 g/mol. The minimum absolute atomic E-state index is 0.0553. The highest BCUT2D eigenvalue weighted by Crippen LogP contribution is 2.20. The zero-order valence-corrected chi connectivity index (χ0v) is 16.3. The number of pyridine rings is 1. The van der Waals surface area contributed by atoms with Crippen molar-refractivity contribution < 1.29 is 4.79 Å². The maximum atomic E-state index is 12.4. The fourth-order valence-electron chi connectivity index (χ4n) is 3.73. The van der Waals surface area contributed by atoms with Crippen LogP contribution in [0.5, 0.6) is 0 Å². The average Bonchev–Trinajstić information content (AvgIpc) is 3.10. The highest BCUT2D eigenvalue weighted by atomic mass is 16.1. The molecule has 4 rings (SSSR count). The Balaban J connectivity index is 1.32. The third-order valence-corrected chi connectivity index (χ3v) is 5.06. The molecule has 8 nitrogen and oxygen atoms in total. The van der Waals surface area contributed by atoms with Crippen LogP contribution in [0.15, 0.2) is 30.5 Å². The number of nitrogens with one attached hydrogen (secondary N) is 1. The number of amides is 1. The smallest absolute Gasteiger partial charge is 0.252 e. The highest BCUT2D eigenvalue weighted by molar-refractivity contribution is 5.77. The summed E-state index contributed by atoms with van der Waals surface area (Å²) in [5.74, 6) is 2.40. The molecule has 3 aromatic rings. The standard InChI is InChI=1S/C20H25N7O/c1-14-10-15(2)27-20(23-14)24-17(25-27)11-19(28)22-12-16-6-5-9-26(13-16)18-7-3-4-8-21-18/h3-4,7-8,10,16H,5-6,9,11-13H2,1-2H3,(H,22,28)/t16-/m1/s1. The third kappa shape index (κ3) is 4.11. The van der Waals surface area contributed by atoms with Crippen LogP contribution >= 0.6 is 0 Å². The van der Waals surface area contributed by atoms with Crippen molar-refractivity contribution in [1.29, 1.82) is 0 Å². The van der Waals surface area contributed by atoms with E-state index in [2.05, 4.69) is 30.3 Å². The van der Waals surface area contributed by atoms with Crippen LogP contribution < -0.4 is 10.2 Å². The fourth-order valence-corrected chi connectivity index (χ4v) is 3.73. The Hall–Kier alpha value is -3.03. The molecule has 0 aliphatic carbocycles. The SMILES string of the molecule is Cc1cc(C)n2nc(CC(=O)NC[C@H]3CCCN(c4ccccn4)C3)nc2n1. The van der Waals surface area contributed by atoms with E-state index in [4.69, 9.17) is 0 Å². The molecule has 0 bridgehead atoms. The number of aryl methyl sites for hydroxylation is 2. The van der Waals surface area contributed by atoms with Gasteiger partial charge < -0.3 is 10.2 Å². The van der Waals surface area contributed by atoms with E-state index in [0.29, 0.717) is 24.1 Å². The Labute approximate surface area is 164 Å². The van der Waals surface area contributed by atoms with Crippen LogP contribution in [-0.2, 0) is 11.2 Å². The van der Waals surface area contributed by atoms with Gasteiger partial charge in [-0.05, 0) is 50.8 Å². The second-order valence-corrected chi connectivity index (χ2v) is 7.40. The normalized spacial score (nSPS) is 17.1. The molecule has 0 saturated carbocycles. The number of carbonyl (C=O) groups excluding carboxylic acids is 1. The highest BCUT2D eigenvalue weighted by Gasteiger charge is 2.21. The summed E-state index contributed by atoms with van der Waals surface area (Å²) in [5.41, 5.74) is 1.85. The van der Waals surface area contributed by atoms with Gasteiger partial charge in [0.1, 0.15) is 5.82 Å². The van der Waals surface area contributed by atoms with Gasteiger partial charge in [-0.15, -0.1) is 5.10 Å². The van der Waals surface area contributed by atoms with Crippen LogP contribution in [0, 0.1) is 19.8 Å². The van der Waals surface area contributed by atoms with E-state index in [0.717, 1.165) is 43.1 Å². The van der Waals surface area contributed by atoms with Crippen molar-refractivity contribution in [3.63, 3.8) is 0 Å². The molecular formula is C20H25N7O. The number of nitrogens with zero attached hydrogens (tertiary/aromatic N) is 6. The van der Waals surface area contributed by atoms with Crippen LogP contribution in [0.25, 0.3) is 5.78 Å². The lowest BCUT2D eigenvalue weighted by Gasteiger charge is -2.33. The van der Waals surface area contributed by atoms with Gasteiger partial charge in [-0.25, -0.2) is 14.5 Å². The molecule has 1 atom stereocenters. The predicted octanol–water partition coefficient (Wildman–Crippen LogP) is 1.71. The Kier molecular flexibility index (Phi) is 5.18. The second kappa shape index (κ2) is 7.92. The topological polar surface area (TPSA) is 88.3 Å². The van der Waals surface area contributed by atoms with Crippen LogP contribution in [-0.4, -0.2) is 50.1 Å². The van der Waals surface area contributed by atoms with Gasteiger partial charge in [0.05, 0.1) is 6.42 Å². The molecule has 0 aromatic carbocycles. The van der Waals surface area contributed by atoms with Crippen molar-refractivity contribution in [3.8, 4) is 0 Å². The van der Waals surface area contributed by atoms with Gasteiger partial charge >= 0.3 is 0 Å². The van der Waals surface area contributed by atoms with E-state index in [-0.39, 0.29) is 12.3 Å². The van der Waals surface area contributed by atoms with Crippen molar-refractivity contribution in [2.45, 2.75) is 33.1 Å². The molecule has 1 saturated heterocycles. The van der Waals surface area contributed by atoms with E-state index in [1.807, 2.05) is 44.3 Å². The van der Waals surface area contributed by atoms with Crippen molar-refractivity contribution in [2.24, 2.45) is 5.92 Å². The van der Waals surface area contributed by atoms with Gasteiger partial charge in [0.15, 0.2) is 5.82 Å². The molecule has 3 aromatic heterocycles. The van der Waals surface area contributed by atoms with Gasteiger partial charge in [-0.1, -0.05) is 6.07 Å². The van der Waals surface area contributed by atoms with Crippen molar-refractivity contribution >= 4 is 17.5 Å². The Morgan fingerprint density at radius 3 is 3.00 bits per heavy atom. The van der Waals surface area contributed by atoms with Crippen LogP contribution in [0.4, 0.5) is 5.82 Å². The lowest BCUT2D eigenvalue weighted by Crippen LogP contribution is -2.41. The molecule has 146 valence electrons. The van der Waals surface area contributed by atoms with Crippen LogP contribution in [0.1, 0.15) is 30.1 Å². The molecule has 1 amide bonds. The first-order valence-electron chi connectivity index (χ1n) is 9.71. The molecule has 4 heterocycles. The quantitative estimate of drug-likeness (QED) is 0.726. The molecule has 1 aliphatic heterocycles. The number of piperidine rings is 1. The Bertz CT molecular complexity index is 969. The number of rotatable bonds is 5. The average molecular weight is 379 g/mol. The first-order chi connectivity index (χ1) is 13.6. The molecule has 8 heteroatoms. The Morgan fingerprint density at radius 2 is 2.18 bits per heavy atom. The monoisotopic (exact) mass is 379 g/mol. The van der Waals surface area contributed by atoms with E-state index in [1.165, 1.54) is 0 Å². The van der Waals surface area contributed by atoms with Crippen molar-refractivity contribution in [1.82, 2.24) is 29.9 Å². The number of carbonyl (C=O) groups is 1. The molecule has 0 unspecified atom stereocenters. The zero-order valence-electron chi connectivity index (χ0n) is 16.3. The third-order valence-electron chi connectivity index (χ3n) is 5.06. The van der Waals surface area contributed by atoms with Crippen molar-refractivity contribution in [3.05, 3.63) is 47.7 Å². The summed E-state index contributed by atoms with van der Waals surface area (Å²) < 4.78 is 1.68. The number of hydrogen-bond acceptors (Lipinski definition) is 6. The molecule has 28 heavy (non-hydrogen) atoms. The van der Waals surface area contributed by atoms with Gasteiger partial charge in [-0.3, -0.25) is 4.79 Å². The van der Waals surface area contributed by atoms with Gasteiger partial charge in [0.2, 0.25) is 5.91 Å². The van der Waals surface area contributed by atoms with E-state index in [9.17, 15) is 4.79 Å². The molecule has 0 spiro atoms. The maximum absolute atomic E-state index is 12.4. The Morgan fingerprint density at radius 1 is 1.29 bits per heavy atom. The number of hydrogen-bond donors (Lipinski definition) is 1. The van der Waals surface area contributed by atoms with Crippen LogP contribution in [0.3, 0.4) is 0 Å². The minimum Gasteiger partial charge on any atom is -0.356 e. The summed E-state index contributed by atoms with van der Waals surface area (Å²) in [4.78, 5) is 27.9. The summed E-state index contributed by atoms with van der Waals surface area (Å²) in [5, 5.41) is 7.45. The van der Waals surface area contributed by atoms with Gasteiger partial charge in [0.25, 0.3) is 5.78 Å². The summed E-state index contributed by atoms with van der Waals surface area (Å²) >= 11 is 0. The van der Waals surface area contributed by atoms with Gasteiger partial charge in [-0.2, -0.15) is 4.98 Å². The molecule has 1 aliphatic rings. The summed E-state index contributed by atoms with van der Waals surface area (Å²) in [7, 11) is 0. The second-order valence-electron chi connectivity index (χ2n) is 7.40. The van der Waals surface area contributed by atoms with Crippen LogP contribution in [0.2, 0.25) is 0 Å². The largest absolute Gasteiger partial charge is 0.356 e. The van der Waals surface area contributed by atoms with E-state index in [1.54, 1.807) is 4.52 Å². The lowest BCUT2D eigenvalue weighted by molar-refractivity contribution is -0.120. The van der Waals surface area contributed by atoms with Gasteiger partial charge in [0, 0.05) is 37.2 Å². The summed E-state index contributed by atoms with van der Waals surface area (Å²) in [6.45, 7) is 6.46. The predicted molar refractivity (Wildman–Crippen MR) is 106 cm³/mol. The number of fused-ring (bicyclic) bond motifs is 1. The number of anilines is 1. The lowest BCUT2D eigenvalue weighted by atomic mass is 9.98. The first kappa shape index (κ1) is 18.3. The first-order valence-corrected chi connectivity index (χ1v) is 9.71. The van der Waals surface area contributed by atoms with E-state index < -0.39 is 0 Å². The summed E-state index contributed by atoms with van der Waals surface area (Å²) in [6, 6.07) is 7.92. The van der Waals surface area contributed by atoms with E-state index >= 15 is 0 Å². The maximum Gasteiger partial charge on any atom is 0.252 e. The van der Waals surface area contributed by atoms with Crippen molar-refractivity contribution in [2.75, 3.05) is 24.5 Å². The molecule has 1 fully saturated rings. The molecule has 1 N–H and O–H groups in total. The zero-order chi connectivity index (χ0) is 19.5. The molecule has 0 radical (unpaired) electrons. The fraction of sp³-hybridized carbons (Fsp3) is 0.450. The number of aromatic nitrogens is 5. The summed E-state index contributed by atoms with van der Waals surface area (Å²) in [6.07, 6.45) is 4.20.